The molecule has 0 aliphatic heterocycles. The van der Waals surface area contributed by atoms with Gasteiger partial charge in [0.2, 0.25) is 0 Å². The summed E-state index contributed by atoms with van der Waals surface area (Å²) in [5, 5.41) is 4.01. The minimum Gasteiger partial charge on any atom is -0.456 e. The van der Waals surface area contributed by atoms with Gasteiger partial charge in [-0.05, 0) is 54.3 Å². The van der Waals surface area contributed by atoms with Gasteiger partial charge in [-0.3, -0.25) is 9.59 Å². The van der Waals surface area contributed by atoms with Crippen molar-refractivity contribution in [2.24, 2.45) is 17.2 Å². The Kier molecular flexibility index (Phi) is 6.80. The summed E-state index contributed by atoms with van der Waals surface area (Å²) in [6.07, 6.45) is 3.71. The SMILES string of the molecule is Nc1ccc2c3c(c(C(=O)N[C@@H]4CCCC[C@@H]4N)sc13)C(N)C(=O)C2(N)c1ccc(Oc2ccccc2)c(Cl)c1. The fourth-order valence-electron chi connectivity index (χ4n) is 5.86. The molecule has 2 aliphatic rings. The lowest BCUT2D eigenvalue weighted by atomic mass is 9.70. The molecule has 206 valence electrons. The molecule has 1 aromatic heterocycles. The number of ketones is 1. The zero-order chi connectivity index (χ0) is 28.2. The van der Waals surface area contributed by atoms with E-state index in [1.807, 2.05) is 30.3 Å². The summed E-state index contributed by atoms with van der Waals surface area (Å²) in [6, 6.07) is 16.3. The number of halogens is 1. The van der Waals surface area contributed by atoms with Crippen LogP contribution in [0.15, 0.2) is 60.7 Å². The van der Waals surface area contributed by atoms with Crippen LogP contribution >= 0.6 is 22.9 Å². The maximum Gasteiger partial charge on any atom is 0.262 e. The molecule has 0 radical (unpaired) electrons. The summed E-state index contributed by atoms with van der Waals surface area (Å²) >= 11 is 7.84. The Hall–Kier alpha value is -3.47. The number of thiophene rings is 1. The monoisotopic (exact) mass is 575 g/mol. The second kappa shape index (κ2) is 10.2. The molecule has 1 fully saturated rings. The van der Waals surface area contributed by atoms with Gasteiger partial charge in [-0.2, -0.15) is 0 Å². The average molecular weight is 576 g/mol. The molecule has 4 aromatic rings. The molecule has 4 atom stereocenters. The Labute approximate surface area is 240 Å². The van der Waals surface area contributed by atoms with E-state index in [9.17, 15) is 9.59 Å². The van der Waals surface area contributed by atoms with E-state index in [1.165, 1.54) is 11.3 Å². The third-order valence-corrected chi connectivity index (χ3v) is 9.56. The van der Waals surface area contributed by atoms with Gasteiger partial charge < -0.3 is 33.0 Å². The van der Waals surface area contributed by atoms with Gasteiger partial charge in [-0.15, -0.1) is 11.3 Å². The summed E-state index contributed by atoms with van der Waals surface area (Å²) < 4.78 is 6.58. The highest BCUT2D eigenvalue weighted by Gasteiger charge is 2.49. The van der Waals surface area contributed by atoms with Crippen LogP contribution in [0.5, 0.6) is 11.5 Å². The fourth-order valence-corrected chi connectivity index (χ4v) is 7.29. The van der Waals surface area contributed by atoms with Crippen LogP contribution in [0, 0.1) is 0 Å². The summed E-state index contributed by atoms with van der Waals surface area (Å²) in [5.74, 6) is 0.299. The molecule has 2 aliphatic carbocycles. The van der Waals surface area contributed by atoms with Gasteiger partial charge in [0.15, 0.2) is 5.78 Å². The number of carbonyl (C=O) groups excluding carboxylic acids is 2. The largest absolute Gasteiger partial charge is 0.456 e. The molecular weight excluding hydrogens is 546 g/mol. The van der Waals surface area contributed by atoms with E-state index in [2.05, 4.69) is 5.32 Å². The maximum absolute atomic E-state index is 14.0. The number of para-hydroxylation sites is 1. The van der Waals surface area contributed by atoms with Crippen molar-refractivity contribution in [3.63, 3.8) is 0 Å². The Morgan fingerprint density at radius 3 is 2.52 bits per heavy atom. The summed E-state index contributed by atoms with van der Waals surface area (Å²) in [5.41, 5.74) is 26.5. The number of hydrogen-bond donors (Lipinski definition) is 5. The molecule has 40 heavy (non-hydrogen) atoms. The van der Waals surface area contributed by atoms with Gasteiger partial charge in [0, 0.05) is 28.7 Å². The van der Waals surface area contributed by atoms with Crippen LogP contribution in [0.4, 0.5) is 5.69 Å². The van der Waals surface area contributed by atoms with Crippen molar-refractivity contribution in [3.05, 3.63) is 87.3 Å². The van der Waals surface area contributed by atoms with Gasteiger partial charge in [0.25, 0.3) is 5.91 Å². The number of carbonyl (C=O) groups is 2. The second-order valence-electron chi connectivity index (χ2n) is 10.5. The highest BCUT2D eigenvalue weighted by Crippen LogP contribution is 2.50. The predicted octanol–water partition coefficient (Wildman–Crippen LogP) is 4.71. The molecule has 10 heteroatoms. The van der Waals surface area contributed by atoms with Crippen LogP contribution in [-0.4, -0.2) is 23.8 Å². The number of benzene rings is 3. The highest BCUT2D eigenvalue weighted by molar-refractivity contribution is 7.21. The van der Waals surface area contributed by atoms with Crippen LogP contribution in [0.3, 0.4) is 0 Å². The first kappa shape index (κ1) is 26.7. The first-order valence-electron chi connectivity index (χ1n) is 13.2. The minimum absolute atomic E-state index is 0.116. The molecule has 3 aromatic carbocycles. The number of ether oxygens (including phenoxy) is 1. The van der Waals surface area contributed by atoms with Crippen molar-refractivity contribution in [1.29, 1.82) is 0 Å². The number of nitrogens with two attached hydrogens (primary N) is 4. The first-order chi connectivity index (χ1) is 19.2. The Bertz CT molecular complexity index is 1640. The second-order valence-corrected chi connectivity index (χ2v) is 11.9. The molecule has 9 N–H and O–H groups in total. The lowest BCUT2D eigenvalue weighted by Gasteiger charge is -2.37. The van der Waals surface area contributed by atoms with Gasteiger partial charge in [-0.1, -0.05) is 54.8 Å². The van der Waals surface area contributed by atoms with Gasteiger partial charge >= 0.3 is 0 Å². The van der Waals surface area contributed by atoms with E-state index in [0.717, 1.165) is 25.7 Å². The van der Waals surface area contributed by atoms with Crippen molar-refractivity contribution in [1.82, 2.24) is 5.32 Å². The quantitative estimate of drug-likeness (QED) is 0.215. The minimum atomic E-state index is -1.62. The molecular formula is C30H30ClN5O3S. The van der Waals surface area contributed by atoms with E-state index >= 15 is 0 Å². The lowest BCUT2D eigenvalue weighted by molar-refractivity contribution is -0.124. The van der Waals surface area contributed by atoms with Crippen molar-refractivity contribution < 1.29 is 14.3 Å². The van der Waals surface area contributed by atoms with Gasteiger partial charge in [0.05, 0.1) is 20.6 Å². The zero-order valence-electron chi connectivity index (χ0n) is 21.7. The Balaban J connectivity index is 1.44. The maximum atomic E-state index is 14.0. The first-order valence-corrected chi connectivity index (χ1v) is 14.4. The van der Waals surface area contributed by atoms with Crippen LogP contribution in [0.25, 0.3) is 10.1 Å². The standard InChI is InChI=1S/C30H30ClN5O3S/c31-18-14-15(10-13-22(18)39-16-6-2-1-3-7-16)30(35)17-11-12-20(33)26-23(17)24(25(34)28(30)37)27(40-26)29(38)36-21-9-5-4-8-19(21)32/h1-3,6-7,10-14,19,21,25H,4-5,8-9,32-35H2,(H,36,38)/t19-,21+,25?,30?/m0/s1. The lowest BCUT2D eigenvalue weighted by Crippen LogP contribution is -2.53. The van der Waals surface area contributed by atoms with Crippen LogP contribution in [0.2, 0.25) is 5.02 Å². The third-order valence-electron chi connectivity index (χ3n) is 8.01. The number of hydrogen-bond acceptors (Lipinski definition) is 8. The number of anilines is 1. The number of Topliss-reactive ketones (excluding diaryl/α,β-unsaturated/α-hetero) is 1. The van der Waals surface area contributed by atoms with E-state index in [-0.39, 0.29) is 18.0 Å². The van der Waals surface area contributed by atoms with Gasteiger partial charge in [-0.25, -0.2) is 0 Å². The van der Waals surface area contributed by atoms with Crippen LogP contribution in [0.1, 0.15) is 58.1 Å². The summed E-state index contributed by atoms with van der Waals surface area (Å²) in [7, 11) is 0. The molecule has 2 unspecified atom stereocenters. The Morgan fingerprint density at radius 1 is 1.05 bits per heavy atom. The van der Waals surface area contributed by atoms with Crippen molar-refractivity contribution in [2.45, 2.75) is 49.3 Å². The predicted molar refractivity (Wildman–Crippen MR) is 159 cm³/mol. The summed E-state index contributed by atoms with van der Waals surface area (Å²) in [4.78, 5) is 27.9. The normalized spacial score (nSPS) is 24.2. The smallest absolute Gasteiger partial charge is 0.262 e. The van der Waals surface area contributed by atoms with E-state index in [4.69, 9.17) is 39.3 Å². The van der Waals surface area contributed by atoms with Crippen LogP contribution in [-0.2, 0) is 10.3 Å². The Morgan fingerprint density at radius 2 is 1.80 bits per heavy atom. The van der Waals surface area contributed by atoms with Crippen molar-refractivity contribution >= 4 is 50.4 Å². The topological polar surface area (TPSA) is 159 Å². The van der Waals surface area contributed by atoms with Crippen LogP contribution < -0.4 is 33.0 Å². The molecule has 8 nitrogen and oxygen atoms in total. The van der Waals surface area contributed by atoms with E-state index in [0.29, 0.717) is 53.9 Å². The molecule has 0 saturated heterocycles. The number of nitrogens with one attached hydrogen (secondary N) is 1. The van der Waals surface area contributed by atoms with E-state index in [1.54, 1.807) is 30.3 Å². The molecule has 0 bridgehead atoms. The van der Waals surface area contributed by atoms with Gasteiger partial charge in [0.1, 0.15) is 17.0 Å². The zero-order valence-corrected chi connectivity index (χ0v) is 23.2. The highest BCUT2D eigenvalue weighted by atomic mass is 35.5. The molecule has 0 spiro atoms. The number of rotatable bonds is 5. The van der Waals surface area contributed by atoms with Crippen molar-refractivity contribution in [3.8, 4) is 11.5 Å². The number of amides is 1. The van der Waals surface area contributed by atoms with Crippen molar-refractivity contribution in [2.75, 3.05) is 5.73 Å². The molecule has 1 amide bonds. The third kappa shape index (κ3) is 4.25. The molecule has 6 rings (SSSR count). The molecule has 1 saturated carbocycles. The van der Waals surface area contributed by atoms with E-state index < -0.39 is 17.4 Å². The average Bonchev–Trinajstić information content (AvgIpc) is 3.36. The number of nitrogen functional groups attached to an aromatic ring is 1. The summed E-state index contributed by atoms with van der Waals surface area (Å²) in [6.45, 7) is 0. The fraction of sp³-hybridized carbons (Fsp3) is 0.267. The molecule has 1 heterocycles.